The van der Waals surface area contributed by atoms with Gasteiger partial charge in [-0.25, -0.2) is 0 Å². The number of rotatable bonds is 1. The van der Waals surface area contributed by atoms with Gasteiger partial charge in [-0.2, -0.15) is 12.6 Å². The molecule has 3 heteroatoms. The minimum absolute atomic E-state index is 0.163. The highest BCUT2D eigenvalue weighted by Crippen LogP contribution is 1.92. The van der Waals surface area contributed by atoms with Crippen LogP contribution in [0.1, 0.15) is 5.56 Å². The fourth-order valence-corrected chi connectivity index (χ4v) is 0.728. The molecule has 0 saturated heterocycles. The predicted octanol–water partition coefficient (Wildman–Crippen LogP) is 2.08. The van der Waals surface area contributed by atoms with Crippen molar-refractivity contribution in [1.82, 2.24) is 0 Å². The lowest BCUT2D eigenvalue weighted by atomic mass is 10.2. The van der Waals surface area contributed by atoms with Crippen molar-refractivity contribution in [2.45, 2.75) is 6.92 Å². The van der Waals surface area contributed by atoms with E-state index in [-0.39, 0.29) is 11.7 Å². The average molecular weight is 198 g/mol. The second-order valence-electron chi connectivity index (χ2n) is 2.39. The Morgan fingerprint density at radius 3 is 2.08 bits per heavy atom. The van der Waals surface area contributed by atoms with E-state index in [0.717, 1.165) is 0 Å². The third kappa shape index (κ3) is 7.40. The van der Waals surface area contributed by atoms with E-state index in [4.69, 9.17) is 0 Å². The normalized spacial score (nSPS) is 8.23. The first-order chi connectivity index (χ1) is 6.20. The van der Waals surface area contributed by atoms with E-state index in [9.17, 15) is 4.79 Å². The minimum Gasteiger partial charge on any atom is -0.468 e. The van der Waals surface area contributed by atoms with Gasteiger partial charge in [0.15, 0.2) is 0 Å². The van der Waals surface area contributed by atoms with Crippen LogP contribution >= 0.6 is 12.6 Å². The molecule has 0 saturated carbocycles. The van der Waals surface area contributed by atoms with Crippen molar-refractivity contribution in [3.8, 4) is 0 Å². The Balaban J connectivity index is 0.000000226. The van der Waals surface area contributed by atoms with E-state index in [1.807, 2.05) is 18.2 Å². The summed E-state index contributed by atoms with van der Waals surface area (Å²) in [5.41, 5.74) is 1.32. The maximum absolute atomic E-state index is 9.88. The minimum atomic E-state index is -0.293. The second-order valence-corrected chi connectivity index (χ2v) is 2.71. The highest BCUT2D eigenvalue weighted by Gasteiger charge is 1.88. The van der Waals surface area contributed by atoms with Gasteiger partial charge in [0.25, 0.3) is 0 Å². The molecule has 13 heavy (non-hydrogen) atoms. The molecule has 0 radical (unpaired) electrons. The van der Waals surface area contributed by atoms with Gasteiger partial charge in [-0.15, -0.1) is 0 Å². The van der Waals surface area contributed by atoms with Crippen molar-refractivity contribution >= 4 is 18.6 Å². The lowest BCUT2D eigenvalue weighted by Gasteiger charge is -1.86. The van der Waals surface area contributed by atoms with Gasteiger partial charge in [-0.05, 0) is 6.92 Å². The van der Waals surface area contributed by atoms with Gasteiger partial charge < -0.3 is 4.74 Å². The molecule has 2 nitrogen and oxygen atoms in total. The molecular formula is C10H14O2S. The van der Waals surface area contributed by atoms with Gasteiger partial charge in [0.05, 0.1) is 12.9 Å². The van der Waals surface area contributed by atoms with Gasteiger partial charge in [0, 0.05) is 0 Å². The van der Waals surface area contributed by atoms with Crippen molar-refractivity contribution in [2.24, 2.45) is 0 Å². The first-order valence-electron chi connectivity index (χ1n) is 3.90. The zero-order valence-corrected chi connectivity index (χ0v) is 8.75. The molecule has 0 atom stereocenters. The van der Waals surface area contributed by atoms with Crippen LogP contribution in [0.2, 0.25) is 0 Å². The van der Waals surface area contributed by atoms with Crippen molar-refractivity contribution in [1.29, 1.82) is 0 Å². The Bertz CT molecular complexity index is 228. The summed E-state index contributed by atoms with van der Waals surface area (Å²) in [7, 11) is 1.33. The molecule has 0 amide bonds. The van der Waals surface area contributed by atoms with Crippen LogP contribution in [0, 0.1) is 6.92 Å². The molecule has 0 fully saturated rings. The van der Waals surface area contributed by atoms with Crippen LogP contribution in [0.3, 0.4) is 0 Å². The summed E-state index contributed by atoms with van der Waals surface area (Å²) in [6, 6.07) is 10.3. The lowest BCUT2D eigenvalue weighted by Crippen LogP contribution is -1.99. The molecule has 1 aromatic rings. The quantitative estimate of drug-likeness (QED) is 0.552. The van der Waals surface area contributed by atoms with Crippen LogP contribution in [-0.2, 0) is 9.53 Å². The number of benzene rings is 1. The summed E-state index contributed by atoms with van der Waals surface area (Å²) < 4.78 is 4.18. The Kier molecular flexibility index (Phi) is 7.11. The Labute approximate surface area is 84.3 Å². The largest absolute Gasteiger partial charge is 0.468 e. The summed E-state index contributed by atoms with van der Waals surface area (Å²) in [4.78, 5) is 9.88. The van der Waals surface area contributed by atoms with Crippen molar-refractivity contribution in [3.05, 3.63) is 35.9 Å². The molecule has 1 aromatic carbocycles. The van der Waals surface area contributed by atoms with Gasteiger partial charge in [0.1, 0.15) is 0 Å². The number of carbonyl (C=O) groups excluding carboxylic acids is 1. The fourth-order valence-electron chi connectivity index (χ4n) is 0.599. The fraction of sp³-hybridized carbons (Fsp3) is 0.300. The molecule has 0 aliphatic carbocycles. The molecular weight excluding hydrogens is 184 g/mol. The third-order valence-corrected chi connectivity index (χ3v) is 1.56. The SMILES string of the molecule is COC(=O)CS.Cc1ccccc1. The summed E-state index contributed by atoms with van der Waals surface area (Å²) in [6.45, 7) is 2.08. The molecule has 0 heterocycles. The molecule has 1 rings (SSSR count). The number of hydrogen-bond acceptors (Lipinski definition) is 3. The predicted molar refractivity (Wildman–Crippen MR) is 57.0 cm³/mol. The van der Waals surface area contributed by atoms with Crippen LogP contribution in [0.5, 0.6) is 0 Å². The van der Waals surface area contributed by atoms with Crippen LogP contribution in [0.15, 0.2) is 30.3 Å². The number of carbonyl (C=O) groups is 1. The number of aryl methyl sites for hydroxylation is 1. The van der Waals surface area contributed by atoms with Gasteiger partial charge in [0.2, 0.25) is 0 Å². The van der Waals surface area contributed by atoms with Crippen LogP contribution in [0.25, 0.3) is 0 Å². The maximum Gasteiger partial charge on any atom is 0.315 e. The molecule has 72 valence electrons. The molecule has 0 aliphatic rings. The number of ether oxygens (including phenoxy) is 1. The number of methoxy groups -OCH3 is 1. The van der Waals surface area contributed by atoms with Crippen molar-refractivity contribution < 1.29 is 9.53 Å². The summed E-state index contributed by atoms with van der Waals surface area (Å²) >= 11 is 3.62. The van der Waals surface area contributed by atoms with E-state index in [0.29, 0.717) is 0 Å². The first-order valence-corrected chi connectivity index (χ1v) is 4.53. The third-order valence-electron chi connectivity index (χ3n) is 1.30. The van der Waals surface area contributed by atoms with Crippen LogP contribution in [0.4, 0.5) is 0 Å². The zero-order chi connectivity index (χ0) is 10.1. The zero-order valence-electron chi connectivity index (χ0n) is 7.86. The van der Waals surface area contributed by atoms with E-state index in [2.05, 4.69) is 36.4 Å². The van der Waals surface area contributed by atoms with Crippen LogP contribution < -0.4 is 0 Å². The van der Waals surface area contributed by atoms with E-state index in [1.165, 1.54) is 12.7 Å². The Morgan fingerprint density at radius 1 is 1.38 bits per heavy atom. The van der Waals surface area contributed by atoms with E-state index in [1.54, 1.807) is 0 Å². The highest BCUT2D eigenvalue weighted by molar-refractivity contribution is 7.81. The van der Waals surface area contributed by atoms with Gasteiger partial charge in [-0.1, -0.05) is 35.9 Å². The second kappa shape index (κ2) is 7.68. The molecule has 0 spiro atoms. The molecule has 0 bridgehead atoms. The summed E-state index contributed by atoms with van der Waals surface area (Å²) in [5.74, 6) is -0.130. The average Bonchev–Trinajstić information content (AvgIpc) is 2.19. The number of thiol groups is 1. The van der Waals surface area contributed by atoms with Crippen LogP contribution in [-0.4, -0.2) is 18.8 Å². The van der Waals surface area contributed by atoms with Gasteiger partial charge >= 0.3 is 5.97 Å². The number of esters is 1. The molecule has 0 unspecified atom stereocenters. The summed E-state index contributed by atoms with van der Waals surface area (Å²) in [6.07, 6.45) is 0. The molecule has 0 aliphatic heterocycles. The molecule has 0 aromatic heterocycles. The van der Waals surface area contributed by atoms with E-state index < -0.39 is 0 Å². The first kappa shape index (κ1) is 12.0. The van der Waals surface area contributed by atoms with E-state index >= 15 is 0 Å². The molecule has 0 N–H and O–H groups in total. The Hall–Kier alpha value is -0.960. The Morgan fingerprint density at radius 2 is 1.92 bits per heavy atom. The topological polar surface area (TPSA) is 26.3 Å². The monoisotopic (exact) mass is 198 g/mol. The lowest BCUT2D eigenvalue weighted by molar-refractivity contribution is -0.137. The standard InChI is InChI=1S/C7H8.C3H6O2S/c1-7-5-3-2-4-6-7;1-5-3(4)2-6/h2-6H,1H3;6H,2H2,1H3. The van der Waals surface area contributed by atoms with Gasteiger partial charge in [-0.3, -0.25) is 4.79 Å². The maximum atomic E-state index is 9.88. The smallest absolute Gasteiger partial charge is 0.315 e. The number of hydrogen-bond donors (Lipinski definition) is 1. The van der Waals surface area contributed by atoms with Crippen molar-refractivity contribution in [3.63, 3.8) is 0 Å². The summed E-state index contributed by atoms with van der Waals surface area (Å²) in [5, 5.41) is 0. The highest BCUT2D eigenvalue weighted by atomic mass is 32.1. The van der Waals surface area contributed by atoms with Crippen molar-refractivity contribution in [2.75, 3.05) is 12.9 Å².